The lowest BCUT2D eigenvalue weighted by molar-refractivity contribution is 0.0995. The highest BCUT2D eigenvalue weighted by Gasteiger charge is 2.04. The highest BCUT2D eigenvalue weighted by Crippen LogP contribution is 2.19. The molecule has 2 aromatic rings. The van der Waals surface area contributed by atoms with E-state index in [0.29, 0.717) is 0 Å². The first-order valence-electron chi connectivity index (χ1n) is 4.68. The Morgan fingerprint density at radius 3 is 2.44 bits per heavy atom. The fourth-order valence-electron chi connectivity index (χ4n) is 1.39. The standard InChI is InChI=1S/C12H9FN2O/c13-10-3-1-8(2-4-10)9-5-6-15-11(7-9)12(14)16/h1-7H,(H2,14,16). The molecule has 0 bridgehead atoms. The van der Waals surface area contributed by atoms with Gasteiger partial charge in [-0.05, 0) is 35.4 Å². The molecule has 16 heavy (non-hydrogen) atoms. The Morgan fingerprint density at radius 2 is 1.81 bits per heavy atom. The Kier molecular flexibility index (Phi) is 2.64. The summed E-state index contributed by atoms with van der Waals surface area (Å²) in [7, 11) is 0. The summed E-state index contributed by atoms with van der Waals surface area (Å²) >= 11 is 0. The third-order valence-electron chi connectivity index (χ3n) is 2.19. The van der Waals surface area contributed by atoms with Gasteiger partial charge in [0.05, 0.1) is 0 Å². The number of carbonyl (C=O) groups is 1. The van der Waals surface area contributed by atoms with Gasteiger partial charge < -0.3 is 5.73 Å². The molecule has 0 spiro atoms. The molecule has 1 aromatic heterocycles. The van der Waals surface area contributed by atoms with Crippen LogP contribution in [0.15, 0.2) is 42.6 Å². The minimum atomic E-state index is -0.580. The second-order valence-corrected chi connectivity index (χ2v) is 3.30. The van der Waals surface area contributed by atoms with Gasteiger partial charge in [-0.25, -0.2) is 4.39 Å². The van der Waals surface area contributed by atoms with Gasteiger partial charge in [-0.1, -0.05) is 12.1 Å². The molecule has 0 unspecified atom stereocenters. The number of amides is 1. The SMILES string of the molecule is NC(=O)c1cc(-c2ccc(F)cc2)ccn1. The molecule has 3 nitrogen and oxygen atoms in total. The lowest BCUT2D eigenvalue weighted by Crippen LogP contribution is -2.12. The fraction of sp³-hybridized carbons (Fsp3) is 0. The van der Waals surface area contributed by atoms with Crippen LogP contribution in [-0.2, 0) is 0 Å². The van der Waals surface area contributed by atoms with Crippen molar-refractivity contribution in [2.45, 2.75) is 0 Å². The van der Waals surface area contributed by atoms with Crippen molar-refractivity contribution in [2.24, 2.45) is 5.73 Å². The molecule has 1 heterocycles. The van der Waals surface area contributed by atoms with Crippen molar-refractivity contribution in [3.8, 4) is 11.1 Å². The second-order valence-electron chi connectivity index (χ2n) is 3.30. The van der Waals surface area contributed by atoms with Gasteiger partial charge in [-0.15, -0.1) is 0 Å². The van der Waals surface area contributed by atoms with Crippen LogP contribution in [0.2, 0.25) is 0 Å². The predicted molar refractivity (Wildman–Crippen MR) is 58.1 cm³/mol. The van der Waals surface area contributed by atoms with E-state index >= 15 is 0 Å². The van der Waals surface area contributed by atoms with Crippen molar-refractivity contribution in [1.82, 2.24) is 4.98 Å². The Labute approximate surface area is 91.7 Å². The number of nitrogens with zero attached hydrogens (tertiary/aromatic N) is 1. The molecular weight excluding hydrogens is 207 g/mol. The van der Waals surface area contributed by atoms with Crippen LogP contribution in [-0.4, -0.2) is 10.9 Å². The first-order chi connectivity index (χ1) is 7.66. The molecule has 1 amide bonds. The molecule has 0 fully saturated rings. The summed E-state index contributed by atoms with van der Waals surface area (Å²) in [5.74, 6) is -0.878. The molecule has 0 radical (unpaired) electrons. The molecule has 0 atom stereocenters. The van der Waals surface area contributed by atoms with Gasteiger partial charge in [0.2, 0.25) is 0 Å². The number of nitrogens with two attached hydrogens (primary N) is 1. The molecule has 1 aromatic carbocycles. The van der Waals surface area contributed by atoms with Crippen LogP contribution >= 0.6 is 0 Å². The molecular formula is C12H9FN2O. The molecule has 0 aliphatic carbocycles. The molecule has 80 valence electrons. The van der Waals surface area contributed by atoms with E-state index in [1.165, 1.54) is 18.3 Å². The summed E-state index contributed by atoms with van der Waals surface area (Å²) in [6.07, 6.45) is 1.50. The van der Waals surface area contributed by atoms with E-state index in [1.54, 1.807) is 24.3 Å². The number of pyridine rings is 1. The summed E-state index contributed by atoms with van der Waals surface area (Å²) in [5.41, 5.74) is 6.91. The number of benzene rings is 1. The number of halogens is 1. The van der Waals surface area contributed by atoms with Crippen LogP contribution in [0.5, 0.6) is 0 Å². The third kappa shape index (κ3) is 2.06. The Bertz CT molecular complexity index is 523. The molecule has 0 saturated carbocycles. The maximum atomic E-state index is 12.7. The van der Waals surface area contributed by atoms with Crippen LogP contribution in [0.4, 0.5) is 4.39 Å². The van der Waals surface area contributed by atoms with Gasteiger partial charge in [-0.3, -0.25) is 9.78 Å². The van der Waals surface area contributed by atoms with Crippen molar-refractivity contribution in [1.29, 1.82) is 0 Å². The highest BCUT2D eigenvalue weighted by atomic mass is 19.1. The van der Waals surface area contributed by atoms with Crippen LogP contribution in [0, 0.1) is 5.82 Å². The maximum Gasteiger partial charge on any atom is 0.267 e. The first-order valence-corrected chi connectivity index (χ1v) is 4.68. The van der Waals surface area contributed by atoms with Crippen LogP contribution in [0.25, 0.3) is 11.1 Å². The number of primary amides is 1. The van der Waals surface area contributed by atoms with Crippen LogP contribution in [0.3, 0.4) is 0 Å². The van der Waals surface area contributed by atoms with Crippen LogP contribution < -0.4 is 5.73 Å². The predicted octanol–water partition coefficient (Wildman–Crippen LogP) is 1.99. The zero-order chi connectivity index (χ0) is 11.5. The Hall–Kier alpha value is -2.23. The van der Waals surface area contributed by atoms with Gasteiger partial charge in [-0.2, -0.15) is 0 Å². The van der Waals surface area contributed by atoms with E-state index < -0.39 is 5.91 Å². The van der Waals surface area contributed by atoms with Crippen LogP contribution in [0.1, 0.15) is 10.5 Å². The number of rotatable bonds is 2. The minimum absolute atomic E-state index is 0.196. The number of hydrogen-bond donors (Lipinski definition) is 1. The summed E-state index contributed by atoms with van der Waals surface area (Å²) in [6, 6.07) is 9.31. The fourth-order valence-corrected chi connectivity index (χ4v) is 1.39. The highest BCUT2D eigenvalue weighted by molar-refractivity contribution is 5.92. The van der Waals surface area contributed by atoms with E-state index in [4.69, 9.17) is 5.73 Å². The van der Waals surface area contributed by atoms with Crippen molar-refractivity contribution >= 4 is 5.91 Å². The molecule has 0 aliphatic heterocycles. The van der Waals surface area contributed by atoms with Gasteiger partial charge in [0, 0.05) is 6.20 Å². The average molecular weight is 216 g/mol. The molecule has 4 heteroatoms. The molecule has 2 N–H and O–H groups in total. The van der Waals surface area contributed by atoms with E-state index in [2.05, 4.69) is 4.98 Å². The number of aromatic nitrogens is 1. The molecule has 2 rings (SSSR count). The van der Waals surface area contributed by atoms with Gasteiger partial charge >= 0.3 is 0 Å². The number of hydrogen-bond acceptors (Lipinski definition) is 2. The summed E-state index contributed by atoms with van der Waals surface area (Å²) < 4.78 is 12.7. The smallest absolute Gasteiger partial charge is 0.267 e. The summed E-state index contributed by atoms with van der Waals surface area (Å²) in [6.45, 7) is 0. The second kappa shape index (κ2) is 4.10. The van der Waals surface area contributed by atoms with E-state index in [-0.39, 0.29) is 11.5 Å². The lowest BCUT2D eigenvalue weighted by atomic mass is 10.1. The van der Waals surface area contributed by atoms with Gasteiger partial charge in [0.15, 0.2) is 0 Å². The van der Waals surface area contributed by atoms with Gasteiger partial charge in [0.1, 0.15) is 11.5 Å². The number of carbonyl (C=O) groups excluding carboxylic acids is 1. The van der Waals surface area contributed by atoms with E-state index in [9.17, 15) is 9.18 Å². The minimum Gasteiger partial charge on any atom is -0.364 e. The van der Waals surface area contributed by atoms with E-state index in [0.717, 1.165) is 11.1 Å². The summed E-state index contributed by atoms with van der Waals surface area (Å²) in [4.78, 5) is 14.8. The average Bonchev–Trinajstić information content (AvgIpc) is 2.30. The summed E-state index contributed by atoms with van der Waals surface area (Å²) in [5, 5.41) is 0. The monoisotopic (exact) mass is 216 g/mol. The van der Waals surface area contributed by atoms with Gasteiger partial charge in [0.25, 0.3) is 5.91 Å². The normalized spacial score (nSPS) is 10.1. The van der Waals surface area contributed by atoms with Crippen molar-refractivity contribution in [3.63, 3.8) is 0 Å². The lowest BCUT2D eigenvalue weighted by Gasteiger charge is -2.02. The molecule has 0 saturated heterocycles. The Balaban J connectivity index is 2.44. The zero-order valence-corrected chi connectivity index (χ0v) is 8.35. The topological polar surface area (TPSA) is 56.0 Å². The largest absolute Gasteiger partial charge is 0.364 e. The first kappa shape index (κ1) is 10.3. The van der Waals surface area contributed by atoms with Crippen molar-refractivity contribution < 1.29 is 9.18 Å². The zero-order valence-electron chi connectivity index (χ0n) is 8.35. The molecule has 0 aliphatic rings. The van der Waals surface area contributed by atoms with Crippen molar-refractivity contribution in [3.05, 3.63) is 54.1 Å². The Morgan fingerprint density at radius 1 is 1.12 bits per heavy atom. The maximum absolute atomic E-state index is 12.7. The quantitative estimate of drug-likeness (QED) is 0.834. The third-order valence-corrected chi connectivity index (χ3v) is 2.19. The van der Waals surface area contributed by atoms with E-state index in [1.807, 2.05) is 0 Å². The van der Waals surface area contributed by atoms with Crippen molar-refractivity contribution in [2.75, 3.05) is 0 Å².